The molecule has 3 N–H and O–H groups in total. The quantitative estimate of drug-likeness (QED) is 0.735. The van der Waals surface area contributed by atoms with Crippen LogP contribution in [0.1, 0.15) is 24.8 Å². The number of aromatic hydroxyl groups is 2. The Hall–Kier alpha value is -1.52. The lowest BCUT2D eigenvalue weighted by Gasteiger charge is -2.37. The van der Waals surface area contributed by atoms with Gasteiger partial charge >= 0.3 is 0 Å². The number of hydrogen-bond acceptors (Lipinski definition) is 4. The fourth-order valence-corrected chi connectivity index (χ4v) is 3.57. The van der Waals surface area contributed by atoms with Crippen molar-refractivity contribution in [1.82, 2.24) is 5.32 Å². The fourth-order valence-electron chi connectivity index (χ4n) is 3.33. The molecule has 0 saturated carbocycles. The van der Waals surface area contributed by atoms with Gasteiger partial charge in [-0.25, -0.2) is 0 Å². The normalized spacial score (nSPS) is 25.4. The lowest BCUT2D eigenvalue weighted by atomic mass is 9.76. The van der Waals surface area contributed by atoms with Crippen molar-refractivity contribution in [2.75, 3.05) is 6.54 Å². The Kier molecular flexibility index (Phi) is 3.91. The summed E-state index contributed by atoms with van der Waals surface area (Å²) in [7, 11) is 0. The number of piperidine rings is 1. The van der Waals surface area contributed by atoms with Crippen LogP contribution in [-0.2, 0) is 11.2 Å². The Morgan fingerprint density at radius 2 is 2.00 bits per heavy atom. The Labute approximate surface area is 128 Å². The van der Waals surface area contributed by atoms with E-state index in [-0.39, 0.29) is 23.3 Å². The smallest absolute Gasteiger partial charge is 0.158 e. The molecule has 5 heteroatoms. The summed E-state index contributed by atoms with van der Waals surface area (Å²) in [4.78, 5) is 11.5. The van der Waals surface area contributed by atoms with Gasteiger partial charge in [0.05, 0.1) is 0 Å². The predicted octanol–water partition coefficient (Wildman–Crippen LogP) is 2.56. The van der Waals surface area contributed by atoms with E-state index in [1.165, 1.54) is 17.7 Å². The lowest BCUT2D eigenvalue weighted by molar-refractivity contribution is -0.115. The van der Waals surface area contributed by atoms with E-state index in [2.05, 4.69) is 5.32 Å². The van der Waals surface area contributed by atoms with Gasteiger partial charge < -0.3 is 15.5 Å². The summed E-state index contributed by atoms with van der Waals surface area (Å²) in [6.07, 6.45) is 4.85. The molecule has 1 saturated heterocycles. The summed E-state index contributed by atoms with van der Waals surface area (Å²) in [5, 5.41) is 23.0. The van der Waals surface area contributed by atoms with E-state index in [0.717, 1.165) is 24.9 Å². The number of halogens is 1. The van der Waals surface area contributed by atoms with Crippen molar-refractivity contribution < 1.29 is 15.0 Å². The average Bonchev–Trinajstić information content (AvgIpc) is 2.44. The number of fused-ring (bicyclic) bond motifs is 1. The molecule has 1 aromatic carbocycles. The number of nitrogens with one attached hydrogen (secondary N) is 1. The largest absolute Gasteiger partial charge is 0.504 e. The van der Waals surface area contributed by atoms with E-state index >= 15 is 0 Å². The summed E-state index contributed by atoms with van der Waals surface area (Å²) in [6, 6.07) is 3.10. The van der Waals surface area contributed by atoms with E-state index < -0.39 is 0 Å². The van der Waals surface area contributed by atoms with E-state index in [9.17, 15) is 15.0 Å². The van der Waals surface area contributed by atoms with Gasteiger partial charge in [0.2, 0.25) is 0 Å². The number of carbonyl (C=O) groups excluding carboxylic acids is 1. The minimum Gasteiger partial charge on any atom is -0.504 e. The minimum absolute atomic E-state index is 0.153. The number of hydrogen-bond donors (Lipinski definition) is 3. The third kappa shape index (κ3) is 2.92. The SMILES string of the molecule is O=C1C=C2CCNC(Cc3cc(O)c(O)cc3Cl)C2CC1. The van der Waals surface area contributed by atoms with E-state index in [1.54, 1.807) is 6.08 Å². The van der Waals surface area contributed by atoms with Gasteiger partial charge in [-0.1, -0.05) is 17.2 Å². The molecule has 1 heterocycles. The molecular formula is C16H18ClNO3. The Morgan fingerprint density at radius 3 is 2.81 bits per heavy atom. The van der Waals surface area contributed by atoms with Gasteiger partial charge in [0.1, 0.15) is 0 Å². The number of ketones is 1. The highest BCUT2D eigenvalue weighted by Crippen LogP contribution is 2.36. The minimum atomic E-state index is -0.204. The second-order valence-electron chi connectivity index (χ2n) is 5.78. The molecular weight excluding hydrogens is 290 g/mol. The van der Waals surface area contributed by atoms with Crippen LogP contribution in [0.2, 0.25) is 5.02 Å². The monoisotopic (exact) mass is 307 g/mol. The van der Waals surface area contributed by atoms with Crippen LogP contribution in [0.5, 0.6) is 11.5 Å². The molecule has 1 aliphatic heterocycles. The van der Waals surface area contributed by atoms with Crippen molar-refractivity contribution in [3.63, 3.8) is 0 Å². The molecule has 2 unspecified atom stereocenters. The molecule has 2 atom stereocenters. The van der Waals surface area contributed by atoms with Crippen LogP contribution in [0.15, 0.2) is 23.8 Å². The van der Waals surface area contributed by atoms with Crippen molar-refractivity contribution in [3.05, 3.63) is 34.4 Å². The first-order chi connectivity index (χ1) is 10.0. The fraction of sp³-hybridized carbons (Fsp3) is 0.438. The van der Waals surface area contributed by atoms with Crippen LogP contribution in [0, 0.1) is 5.92 Å². The topological polar surface area (TPSA) is 69.6 Å². The summed E-state index contributed by atoms with van der Waals surface area (Å²) >= 11 is 6.15. The van der Waals surface area contributed by atoms with Gasteiger partial charge in [-0.15, -0.1) is 0 Å². The van der Waals surface area contributed by atoms with Crippen molar-refractivity contribution in [1.29, 1.82) is 0 Å². The summed E-state index contributed by atoms with van der Waals surface area (Å²) in [5.41, 5.74) is 2.04. The number of allylic oxidation sites excluding steroid dienone is 1. The highest BCUT2D eigenvalue weighted by Gasteiger charge is 2.32. The highest BCUT2D eigenvalue weighted by atomic mass is 35.5. The van der Waals surface area contributed by atoms with Crippen molar-refractivity contribution in [3.8, 4) is 11.5 Å². The lowest BCUT2D eigenvalue weighted by Crippen LogP contribution is -2.45. The van der Waals surface area contributed by atoms with Gasteiger partial charge in [-0.3, -0.25) is 4.79 Å². The molecule has 0 spiro atoms. The molecule has 4 nitrogen and oxygen atoms in total. The number of phenolic OH excluding ortho intramolecular Hbond substituents is 2. The van der Waals surface area contributed by atoms with Crippen LogP contribution >= 0.6 is 11.6 Å². The zero-order chi connectivity index (χ0) is 15.0. The number of phenols is 2. The first kappa shape index (κ1) is 14.4. The number of rotatable bonds is 2. The summed E-state index contributed by atoms with van der Waals surface area (Å²) in [5.74, 6) is 0.217. The molecule has 1 fully saturated rings. The van der Waals surface area contributed by atoms with Gasteiger partial charge in [0.15, 0.2) is 17.3 Å². The average molecular weight is 308 g/mol. The van der Waals surface area contributed by atoms with E-state index in [1.807, 2.05) is 0 Å². The Balaban J connectivity index is 1.83. The van der Waals surface area contributed by atoms with Gasteiger partial charge in [-0.2, -0.15) is 0 Å². The standard InChI is InChI=1S/C16H18ClNO3/c17-13-8-16(21)15(20)7-10(13)6-14-12-2-1-11(19)5-9(12)3-4-18-14/h5,7-8,12,14,18,20-21H,1-4,6H2. The third-order valence-electron chi connectivity index (χ3n) is 4.41. The number of carbonyl (C=O) groups is 1. The molecule has 112 valence electrons. The van der Waals surface area contributed by atoms with Crippen LogP contribution in [0.25, 0.3) is 0 Å². The van der Waals surface area contributed by atoms with E-state index in [0.29, 0.717) is 23.8 Å². The predicted molar refractivity (Wildman–Crippen MR) is 80.7 cm³/mol. The molecule has 0 aromatic heterocycles. The van der Waals surface area contributed by atoms with Gasteiger partial charge in [0.25, 0.3) is 0 Å². The molecule has 3 rings (SSSR count). The molecule has 0 amide bonds. The van der Waals surface area contributed by atoms with E-state index in [4.69, 9.17) is 11.6 Å². The zero-order valence-electron chi connectivity index (χ0n) is 11.6. The first-order valence-electron chi connectivity index (χ1n) is 7.21. The van der Waals surface area contributed by atoms with Crippen molar-refractivity contribution in [2.45, 2.75) is 31.7 Å². The van der Waals surface area contributed by atoms with Crippen molar-refractivity contribution >= 4 is 17.4 Å². The molecule has 1 aliphatic carbocycles. The van der Waals surface area contributed by atoms with Gasteiger partial charge in [-0.05, 0) is 49.4 Å². The van der Waals surface area contributed by atoms with Gasteiger partial charge in [0, 0.05) is 23.6 Å². The maximum Gasteiger partial charge on any atom is 0.158 e. The second-order valence-corrected chi connectivity index (χ2v) is 6.19. The van der Waals surface area contributed by atoms with Crippen LogP contribution < -0.4 is 5.32 Å². The summed E-state index contributed by atoms with van der Waals surface area (Å²) in [6.45, 7) is 0.849. The zero-order valence-corrected chi connectivity index (χ0v) is 12.4. The molecule has 21 heavy (non-hydrogen) atoms. The van der Waals surface area contributed by atoms with Crippen LogP contribution in [-0.4, -0.2) is 28.6 Å². The first-order valence-corrected chi connectivity index (χ1v) is 7.59. The molecule has 0 bridgehead atoms. The Bertz CT molecular complexity index is 612. The van der Waals surface area contributed by atoms with Crippen LogP contribution in [0.4, 0.5) is 0 Å². The molecule has 2 aliphatic rings. The maximum absolute atomic E-state index is 11.5. The van der Waals surface area contributed by atoms with Crippen molar-refractivity contribution in [2.24, 2.45) is 5.92 Å². The molecule has 0 radical (unpaired) electrons. The summed E-state index contributed by atoms with van der Waals surface area (Å²) < 4.78 is 0. The maximum atomic E-state index is 11.5. The Morgan fingerprint density at radius 1 is 1.24 bits per heavy atom. The number of benzene rings is 1. The molecule has 1 aromatic rings. The third-order valence-corrected chi connectivity index (χ3v) is 4.77. The highest BCUT2D eigenvalue weighted by molar-refractivity contribution is 6.31. The second kappa shape index (κ2) is 5.70. The van der Waals surface area contributed by atoms with Crippen LogP contribution in [0.3, 0.4) is 0 Å².